The lowest BCUT2D eigenvalue weighted by molar-refractivity contribution is -0.118. The second kappa shape index (κ2) is 7.90. The third kappa shape index (κ3) is 4.33. The van der Waals surface area contributed by atoms with Gasteiger partial charge in [-0.05, 0) is 36.1 Å². The molecular formula is C16H16ClN5OS2. The van der Waals surface area contributed by atoms with Crippen molar-refractivity contribution in [2.45, 2.75) is 18.6 Å². The quantitative estimate of drug-likeness (QED) is 0.496. The summed E-state index contributed by atoms with van der Waals surface area (Å²) in [7, 11) is 0. The van der Waals surface area contributed by atoms with Crippen molar-refractivity contribution in [1.82, 2.24) is 20.2 Å². The molecule has 2 heterocycles. The Hall–Kier alpha value is -2.03. The highest BCUT2D eigenvalue weighted by Crippen LogP contribution is 2.23. The molecule has 3 rings (SSSR count). The van der Waals surface area contributed by atoms with Crippen LogP contribution in [0.4, 0.5) is 0 Å². The first-order chi connectivity index (χ1) is 12.0. The molecule has 0 unspecified atom stereocenters. The predicted molar refractivity (Wildman–Crippen MR) is 102 cm³/mol. The van der Waals surface area contributed by atoms with Crippen molar-refractivity contribution in [2.24, 2.45) is 0 Å². The molecule has 0 aliphatic heterocycles. The fourth-order valence-corrected chi connectivity index (χ4v) is 3.87. The number of thioether (sulfide) groups is 1. The van der Waals surface area contributed by atoms with Crippen LogP contribution >= 0.6 is 34.7 Å². The number of rotatable bonds is 6. The lowest BCUT2D eigenvalue weighted by atomic mass is 10.2. The number of carbonyl (C=O) groups is 1. The molecule has 130 valence electrons. The van der Waals surface area contributed by atoms with Crippen LogP contribution in [0.1, 0.15) is 10.4 Å². The molecule has 6 nitrogen and oxygen atoms in total. The van der Waals surface area contributed by atoms with Gasteiger partial charge in [0.25, 0.3) is 0 Å². The van der Waals surface area contributed by atoms with Crippen LogP contribution in [0.15, 0.2) is 40.9 Å². The van der Waals surface area contributed by atoms with Crippen molar-refractivity contribution in [1.29, 1.82) is 0 Å². The zero-order chi connectivity index (χ0) is 17.8. The number of benzene rings is 1. The first-order valence-electron chi connectivity index (χ1n) is 7.43. The van der Waals surface area contributed by atoms with E-state index in [9.17, 15) is 4.79 Å². The van der Waals surface area contributed by atoms with Gasteiger partial charge in [0.1, 0.15) is 0 Å². The normalized spacial score (nSPS) is 10.8. The molecule has 0 bridgehead atoms. The number of nitrogens with one attached hydrogen (secondary N) is 1. The van der Waals surface area contributed by atoms with E-state index >= 15 is 0 Å². The highest BCUT2D eigenvalue weighted by atomic mass is 35.5. The van der Waals surface area contributed by atoms with Gasteiger partial charge in [-0.15, -0.1) is 21.5 Å². The zero-order valence-corrected chi connectivity index (χ0v) is 15.8. The Bertz CT molecular complexity index is 892. The summed E-state index contributed by atoms with van der Waals surface area (Å²) in [5.41, 5.74) is 1.96. The van der Waals surface area contributed by atoms with Gasteiger partial charge in [0, 0.05) is 15.5 Å². The number of hydrogen-bond donors (Lipinski definition) is 2. The van der Waals surface area contributed by atoms with Crippen LogP contribution < -0.4 is 11.2 Å². The summed E-state index contributed by atoms with van der Waals surface area (Å²) in [5, 5.41) is 14.1. The molecule has 9 heteroatoms. The van der Waals surface area contributed by atoms with E-state index in [1.165, 1.54) is 22.0 Å². The maximum atomic E-state index is 12.0. The van der Waals surface area contributed by atoms with Gasteiger partial charge in [-0.2, -0.15) is 0 Å². The molecule has 0 atom stereocenters. The summed E-state index contributed by atoms with van der Waals surface area (Å²) in [6.07, 6.45) is 0. The lowest BCUT2D eigenvalue weighted by Gasteiger charge is -2.05. The minimum Gasteiger partial charge on any atom is -0.350 e. The molecule has 0 saturated heterocycles. The van der Waals surface area contributed by atoms with Gasteiger partial charge in [-0.1, -0.05) is 35.5 Å². The average Bonchev–Trinajstić information content (AvgIpc) is 3.16. The van der Waals surface area contributed by atoms with E-state index in [1.54, 1.807) is 23.5 Å². The summed E-state index contributed by atoms with van der Waals surface area (Å²) in [6, 6.07) is 9.25. The van der Waals surface area contributed by atoms with Crippen LogP contribution in [0.5, 0.6) is 0 Å². The van der Waals surface area contributed by atoms with Gasteiger partial charge < -0.3 is 11.2 Å². The monoisotopic (exact) mass is 393 g/mol. The Morgan fingerprint density at radius 2 is 2.24 bits per heavy atom. The SMILES string of the molecule is Cc1ccsc1CNC(=O)CSc1nnc(-c2cccc(Cl)c2)n1N. The molecule has 3 N–H and O–H groups in total. The molecule has 3 aromatic rings. The summed E-state index contributed by atoms with van der Waals surface area (Å²) in [5.74, 6) is 6.68. The Balaban J connectivity index is 1.58. The molecule has 0 radical (unpaired) electrons. The number of halogens is 1. The van der Waals surface area contributed by atoms with Crippen LogP contribution in [-0.2, 0) is 11.3 Å². The second-order valence-corrected chi connectivity index (χ2v) is 7.66. The second-order valence-electron chi connectivity index (χ2n) is 5.28. The van der Waals surface area contributed by atoms with Crippen molar-refractivity contribution in [2.75, 3.05) is 11.6 Å². The minimum atomic E-state index is -0.0786. The third-order valence-corrected chi connectivity index (χ3v) is 5.70. The fourth-order valence-electron chi connectivity index (χ4n) is 2.15. The molecule has 0 saturated carbocycles. The minimum absolute atomic E-state index is 0.0786. The summed E-state index contributed by atoms with van der Waals surface area (Å²) >= 11 is 8.86. The van der Waals surface area contributed by atoms with E-state index in [1.807, 2.05) is 30.5 Å². The van der Waals surface area contributed by atoms with Gasteiger partial charge in [0.2, 0.25) is 11.1 Å². The van der Waals surface area contributed by atoms with Gasteiger partial charge in [0.05, 0.1) is 12.3 Å². The maximum absolute atomic E-state index is 12.0. The van der Waals surface area contributed by atoms with E-state index in [0.717, 1.165) is 10.4 Å². The Labute approximate surface area is 158 Å². The van der Waals surface area contributed by atoms with E-state index in [2.05, 4.69) is 15.5 Å². The van der Waals surface area contributed by atoms with E-state index in [0.29, 0.717) is 22.5 Å². The van der Waals surface area contributed by atoms with Gasteiger partial charge >= 0.3 is 0 Å². The summed E-state index contributed by atoms with van der Waals surface area (Å²) in [4.78, 5) is 13.2. The molecular weight excluding hydrogens is 378 g/mol. The molecule has 25 heavy (non-hydrogen) atoms. The van der Waals surface area contributed by atoms with E-state index in [4.69, 9.17) is 17.4 Å². The number of thiophene rings is 1. The van der Waals surface area contributed by atoms with Crippen LogP contribution in [0.25, 0.3) is 11.4 Å². The number of amides is 1. The van der Waals surface area contributed by atoms with Crippen LogP contribution in [-0.4, -0.2) is 26.5 Å². The molecule has 0 fully saturated rings. The smallest absolute Gasteiger partial charge is 0.230 e. The van der Waals surface area contributed by atoms with Crippen LogP contribution in [0, 0.1) is 6.92 Å². The molecule has 1 amide bonds. The number of nitrogens with two attached hydrogens (primary N) is 1. The molecule has 0 aliphatic rings. The van der Waals surface area contributed by atoms with Crippen molar-refractivity contribution in [3.05, 3.63) is 51.2 Å². The van der Waals surface area contributed by atoms with Crippen molar-refractivity contribution in [3.8, 4) is 11.4 Å². The maximum Gasteiger partial charge on any atom is 0.230 e. The van der Waals surface area contributed by atoms with Gasteiger partial charge in [-0.25, -0.2) is 4.68 Å². The Morgan fingerprint density at radius 3 is 2.96 bits per heavy atom. The number of nitrogen functional groups attached to an aromatic ring is 1. The van der Waals surface area contributed by atoms with E-state index < -0.39 is 0 Å². The number of hydrogen-bond acceptors (Lipinski definition) is 6. The first-order valence-corrected chi connectivity index (χ1v) is 9.68. The van der Waals surface area contributed by atoms with Gasteiger partial charge in [-0.3, -0.25) is 4.79 Å². The standard InChI is InChI=1S/C16H16ClN5OS2/c1-10-5-6-24-13(10)8-19-14(23)9-25-16-21-20-15(22(16)18)11-3-2-4-12(17)7-11/h2-7H,8-9,18H2,1H3,(H,19,23). The zero-order valence-electron chi connectivity index (χ0n) is 13.4. The summed E-state index contributed by atoms with van der Waals surface area (Å²) in [6.45, 7) is 2.56. The number of nitrogens with zero attached hydrogens (tertiary/aromatic N) is 3. The highest BCUT2D eigenvalue weighted by Gasteiger charge is 2.14. The highest BCUT2D eigenvalue weighted by molar-refractivity contribution is 7.99. The van der Waals surface area contributed by atoms with Crippen molar-refractivity contribution >= 4 is 40.6 Å². The van der Waals surface area contributed by atoms with Gasteiger partial charge in [0.15, 0.2) is 5.82 Å². The summed E-state index contributed by atoms with van der Waals surface area (Å²) < 4.78 is 1.37. The largest absolute Gasteiger partial charge is 0.350 e. The Morgan fingerprint density at radius 1 is 1.40 bits per heavy atom. The van der Waals surface area contributed by atoms with E-state index in [-0.39, 0.29) is 11.7 Å². The topological polar surface area (TPSA) is 85.8 Å². The van der Waals surface area contributed by atoms with Crippen LogP contribution in [0.2, 0.25) is 5.02 Å². The number of aryl methyl sites for hydroxylation is 1. The van der Waals surface area contributed by atoms with Crippen LogP contribution in [0.3, 0.4) is 0 Å². The molecule has 2 aromatic heterocycles. The molecule has 1 aromatic carbocycles. The number of carbonyl (C=O) groups excluding carboxylic acids is 1. The van der Waals surface area contributed by atoms with Crippen molar-refractivity contribution < 1.29 is 4.79 Å². The number of aromatic nitrogens is 3. The Kier molecular flexibility index (Phi) is 5.62. The lowest BCUT2D eigenvalue weighted by Crippen LogP contribution is -2.24. The molecule has 0 aliphatic carbocycles. The third-order valence-electron chi connectivity index (χ3n) is 3.49. The first kappa shape index (κ1) is 17.8. The average molecular weight is 394 g/mol. The fraction of sp³-hybridized carbons (Fsp3) is 0.188. The predicted octanol–water partition coefficient (Wildman–Crippen LogP) is 3.09. The molecule has 0 spiro atoms. The van der Waals surface area contributed by atoms with Crippen molar-refractivity contribution in [3.63, 3.8) is 0 Å².